The van der Waals surface area contributed by atoms with Gasteiger partial charge in [0.15, 0.2) is 0 Å². The molecule has 0 aliphatic rings. The summed E-state index contributed by atoms with van der Waals surface area (Å²) < 4.78 is 44.1. The average molecular weight is 474 g/mol. The number of alkyl halides is 3. The maximum absolute atomic E-state index is 12.9. The van der Waals surface area contributed by atoms with Crippen LogP contribution in [0.5, 0.6) is 0 Å². The second kappa shape index (κ2) is 8.49. The zero-order valence-electron chi connectivity index (χ0n) is 15.9. The van der Waals surface area contributed by atoms with E-state index < -0.39 is 17.4 Å². The van der Waals surface area contributed by atoms with Gasteiger partial charge in [-0.25, -0.2) is 9.78 Å². The van der Waals surface area contributed by atoms with Crippen molar-refractivity contribution >= 4 is 45.2 Å². The maximum atomic E-state index is 12.9. The molecule has 2 aromatic heterocycles. The van der Waals surface area contributed by atoms with Crippen molar-refractivity contribution < 1.29 is 17.6 Å². The Morgan fingerprint density at radius 1 is 1.22 bits per heavy atom. The molecule has 0 spiro atoms. The van der Waals surface area contributed by atoms with Crippen LogP contribution in [0, 0.1) is 11.3 Å². The number of allylic oxidation sites excluding steroid dienone is 1. The highest BCUT2D eigenvalue weighted by atomic mass is 35.5. The SMILES string of the molecule is N#C/C(=C/Nc1cc(C(F)(F)F)ccc1Cl)c1nc(-c2cc3ccccc3oc2=O)cs1. The number of fused-ring (bicyclic) bond motifs is 1. The Morgan fingerprint density at radius 3 is 2.75 bits per heavy atom. The predicted octanol–water partition coefficient (Wildman–Crippen LogP) is 6.57. The van der Waals surface area contributed by atoms with Crippen LogP contribution in [0.15, 0.2) is 69.3 Å². The van der Waals surface area contributed by atoms with Gasteiger partial charge in [0.1, 0.15) is 22.2 Å². The van der Waals surface area contributed by atoms with Crippen LogP contribution in [-0.4, -0.2) is 4.98 Å². The number of aromatic nitrogens is 1. The number of benzene rings is 2. The van der Waals surface area contributed by atoms with Crippen molar-refractivity contribution in [1.82, 2.24) is 4.98 Å². The summed E-state index contributed by atoms with van der Waals surface area (Å²) in [5.41, 5.74) is -0.412. The van der Waals surface area contributed by atoms with Crippen molar-refractivity contribution in [3.05, 3.63) is 86.1 Å². The summed E-state index contributed by atoms with van der Waals surface area (Å²) in [6.07, 6.45) is -3.32. The molecule has 0 atom stereocenters. The zero-order chi connectivity index (χ0) is 22.9. The summed E-state index contributed by atoms with van der Waals surface area (Å²) in [5.74, 6) is 0. The van der Waals surface area contributed by atoms with Crippen LogP contribution < -0.4 is 10.9 Å². The number of thiazole rings is 1. The van der Waals surface area contributed by atoms with Gasteiger partial charge < -0.3 is 9.73 Å². The number of hydrogen-bond acceptors (Lipinski definition) is 6. The van der Waals surface area contributed by atoms with Gasteiger partial charge in [0.2, 0.25) is 0 Å². The van der Waals surface area contributed by atoms with Crippen LogP contribution in [0.25, 0.3) is 27.8 Å². The van der Waals surface area contributed by atoms with E-state index in [0.717, 1.165) is 29.5 Å². The van der Waals surface area contributed by atoms with Crippen LogP contribution in [0.2, 0.25) is 5.02 Å². The van der Waals surface area contributed by atoms with Gasteiger partial charge in [0, 0.05) is 17.0 Å². The van der Waals surface area contributed by atoms with Crippen LogP contribution >= 0.6 is 22.9 Å². The average Bonchev–Trinajstić information content (AvgIpc) is 3.23. The lowest BCUT2D eigenvalue weighted by atomic mass is 10.1. The summed E-state index contributed by atoms with van der Waals surface area (Å²) in [4.78, 5) is 16.7. The molecule has 0 aliphatic carbocycles. The first-order valence-electron chi connectivity index (χ1n) is 8.99. The second-order valence-corrected chi connectivity index (χ2v) is 7.80. The fourth-order valence-corrected chi connectivity index (χ4v) is 3.82. The molecule has 0 fully saturated rings. The number of para-hydroxylation sites is 1. The molecule has 0 aliphatic heterocycles. The minimum atomic E-state index is -4.53. The third-order valence-corrected chi connectivity index (χ3v) is 5.64. The minimum Gasteiger partial charge on any atom is -0.422 e. The van der Waals surface area contributed by atoms with Crippen molar-refractivity contribution in [3.63, 3.8) is 0 Å². The number of nitriles is 1. The maximum Gasteiger partial charge on any atom is 0.416 e. The molecule has 2 heterocycles. The van der Waals surface area contributed by atoms with E-state index in [1.165, 1.54) is 6.20 Å². The van der Waals surface area contributed by atoms with Gasteiger partial charge >= 0.3 is 11.8 Å². The van der Waals surface area contributed by atoms with E-state index in [4.69, 9.17) is 16.0 Å². The quantitative estimate of drug-likeness (QED) is 0.268. The summed E-state index contributed by atoms with van der Waals surface area (Å²) in [5, 5.41) is 14.8. The monoisotopic (exact) mass is 473 g/mol. The summed E-state index contributed by atoms with van der Waals surface area (Å²) >= 11 is 7.07. The normalized spacial score (nSPS) is 12.0. The van der Waals surface area contributed by atoms with Gasteiger partial charge in [-0.1, -0.05) is 29.8 Å². The van der Waals surface area contributed by atoms with Crippen molar-refractivity contribution in [2.75, 3.05) is 5.32 Å². The molecule has 5 nitrogen and oxygen atoms in total. The van der Waals surface area contributed by atoms with E-state index in [0.29, 0.717) is 16.7 Å². The van der Waals surface area contributed by atoms with E-state index in [-0.39, 0.29) is 26.9 Å². The largest absolute Gasteiger partial charge is 0.422 e. The van der Waals surface area contributed by atoms with Gasteiger partial charge in [0.05, 0.1) is 27.5 Å². The molecule has 0 radical (unpaired) electrons. The molecule has 0 bridgehead atoms. The van der Waals surface area contributed by atoms with Gasteiger partial charge in [-0.05, 0) is 30.3 Å². The molecule has 0 saturated heterocycles. The second-order valence-electron chi connectivity index (χ2n) is 6.53. The Bertz CT molecular complexity index is 1450. The Labute approximate surface area is 188 Å². The molecular formula is C22H11ClF3N3O2S. The van der Waals surface area contributed by atoms with Crippen LogP contribution in [0.3, 0.4) is 0 Å². The molecule has 10 heteroatoms. The van der Waals surface area contributed by atoms with Crippen molar-refractivity contribution in [1.29, 1.82) is 5.26 Å². The number of anilines is 1. The molecule has 1 N–H and O–H groups in total. The molecule has 2 aromatic carbocycles. The topological polar surface area (TPSA) is 78.9 Å². The molecule has 4 aromatic rings. The highest BCUT2D eigenvalue weighted by molar-refractivity contribution is 7.11. The smallest absolute Gasteiger partial charge is 0.416 e. The lowest BCUT2D eigenvalue weighted by Crippen LogP contribution is -2.05. The van der Waals surface area contributed by atoms with Crippen LogP contribution in [0.1, 0.15) is 10.6 Å². The number of halogens is 4. The summed E-state index contributed by atoms with van der Waals surface area (Å²) in [6, 6.07) is 13.4. The predicted molar refractivity (Wildman–Crippen MR) is 117 cm³/mol. The molecule has 0 saturated carbocycles. The van der Waals surface area contributed by atoms with Crippen molar-refractivity contribution in [2.24, 2.45) is 0 Å². The van der Waals surface area contributed by atoms with E-state index in [1.807, 2.05) is 6.07 Å². The fourth-order valence-electron chi connectivity index (χ4n) is 2.87. The Morgan fingerprint density at radius 2 is 2.00 bits per heavy atom. The lowest BCUT2D eigenvalue weighted by Gasteiger charge is -2.10. The molecule has 0 amide bonds. The number of nitrogens with zero attached hydrogens (tertiary/aromatic N) is 2. The number of nitrogens with one attached hydrogen (secondary N) is 1. The molecular weight excluding hydrogens is 463 g/mol. The fraction of sp³-hybridized carbons (Fsp3) is 0.0455. The molecule has 32 heavy (non-hydrogen) atoms. The van der Waals surface area contributed by atoms with E-state index in [2.05, 4.69) is 10.3 Å². The van der Waals surface area contributed by atoms with Gasteiger partial charge in [-0.3, -0.25) is 0 Å². The van der Waals surface area contributed by atoms with Crippen LogP contribution in [0.4, 0.5) is 18.9 Å². The molecule has 4 rings (SSSR count). The molecule has 160 valence electrons. The summed E-state index contributed by atoms with van der Waals surface area (Å²) in [7, 11) is 0. The van der Waals surface area contributed by atoms with E-state index >= 15 is 0 Å². The first-order chi connectivity index (χ1) is 15.3. The minimum absolute atomic E-state index is 0.0128. The third kappa shape index (κ3) is 4.37. The van der Waals surface area contributed by atoms with Crippen molar-refractivity contribution in [2.45, 2.75) is 6.18 Å². The standard InChI is InChI=1S/C22H11ClF3N3O2S/c23-16-6-5-14(22(24,25)26)8-17(16)28-10-13(9-27)20-29-18(11-32-20)15-7-12-3-1-2-4-19(12)31-21(15)30/h1-8,10-11,28H/b13-10-. The van der Waals surface area contributed by atoms with Crippen LogP contribution in [-0.2, 0) is 6.18 Å². The van der Waals surface area contributed by atoms with Crippen molar-refractivity contribution in [3.8, 4) is 17.3 Å². The van der Waals surface area contributed by atoms with Gasteiger partial charge in [0.25, 0.3) is 0 Å². The summed E-state index contributed by atoms with van der Waals surface area (Å²) in [6.45, 7) is 0. The van der Waals surface area contributed by atoms with E-state index in [9.17, 15) is 23.2 Å². The Kier molecular flexibility index (Phi) is 5.74. The zero-order valence-corrected chi connectivity index (χ0v) is 17.5. The van der Waals surface area contributed by atoms with Gasteiger partial charge in [-0.2, -0.15) is 18.4 Å². The molecule has 0 unspecified atom stereocenters. The number of hydrogen-bond donors (Lipinski definition) is 1. The van der Waals surface area contributed by atoms with E-state index in [1.54, 1.807) is 35.7 Å². The first kappa shape index (κ1) is 21.6. The first-order valence-corrected chi connectivity index (χ1v) is 10.2. The lowest BCUT2D eigenvalue weighted by molar-refractivity contribution is -0.137. The Balaban J connectivity index is 1.65. The number of rotatable bonds is 4. The van der Waals surface area contributed by atoms with Gasteiger partial charge in [-0.15, -0.1) is 11.3 Å². The highest BCUT2D eigenvalue weighted by Gasteiger charge is 2.30. The Hall–Kier alpha value is -3.61. The highest BCUT2D eigenvalue weighted by Crippen LogP contribution is 2.34. The third-order valence-electron chi connectivity index (χ3n) is 4.44.